The summed E-state index contributed by atoms with van der Waals surface area (Å²) in [6.45, 7) is 5.98. The van der Waals surface area contributed by atoms with Crippen LogP contribution in [0.4, 0.5) is 0 Å². The Hall–Kier alpha value is -3.15. The van der Waals surface area contributed by atoms with Gasteiger partial charge in [-0.15, -0.1) is 0 Å². The van der Waals surface area contributed by atoms with E-state index in [4.69, 9.17) is 14.2 Å². The molecule has 0 bridgehead atoms. The van der Waals surface area contributed by atoms with Crippen molar-refractivity contribution in [3.05, 3.63) is 47.2 Å². The van der Waals surface area contributed by atoms with Gasteiger partial charge in [0.2, 0.25) is 5.88 Å². The fourth-order valence-corrected chi connectivity index (χ4v) is 3.93. The number of hydrogen-bond donors (Lipinski definition) is 1. The SMILES string of the molecule is COc1nccc(C)c1-c1cc(-c2c(C)noc2C)cc2nc(C3CC3)[nH]c12. The Morgan fingerprint density at radius 2 is 1.96 bits per heavy atom. The number of hydrogen-bond acceptors (Lipinski definition) is 5. The highest BCUT2D eigenvalue weighted by Gasteiger charge is 2.28. The molecule has 0 saturated heterocycles. The molecule has 5 rings (SSSR count). The molecule has 1 aliphatic rings. The van der Waals surface area contributed by atoms with Gasteiger partial charge in [-0.25, -0.2) is 9.97 Å². The summed E-state index contributed by atoms with van der Waals surface area (Å²) in [4.78, 5) is 12.9. The highest BCUT2D eigenvalue weighted by Crippen LogP contribution is 2.43. The van der Waals surface area contributed by atoms with Gasteiger partial charge < -0.3 is 14.2 Å². The molecule has 0 amide bonds. The molecular formula is C22H22N4O2. The quantitative estimate of drug-likeness (QED) is 0.538. The van der Waals surface area contributed by atoms with Crippen LogP contribution in [0.25, 0.3) is 33.3 Å². The van der Waals surface area contributed by atoms with E-state index < -0.39 is 0 Å². The van der Waals surface area contributed by atoms with Gasteiger partial charge >= 0.3 is 0 Å². The van der Waals surface area contributed by atoms with E-state index >= 15 is 0 Å². The summed E-state index contributed by atoms with van der Waals surface area (Å²) in [6, 6.07) is 6.28. The lowest BCUT2D eigenvalue weighted by Gasteiger charge is -2.13. The molecule has 0 radical (unpaired) electrons. The number of H-pyrrole nitrogens is 1. The summed E-state index contributed by atoms with van der Waals surface area (Å²) in [5.41, 5.74) is 8.01. The number of benzene rings is 1. The van der Waals surface area contributed by atoms with Gasteiger partial charge in [0.1, 0.15) is 11.6 Å². The highest BCUT2D eigenvalue weighted by molar-refractivity contribution is 5.98. The standard InChI is InChI=1S/C22H22N4O2/c1-11-7-8-23-22(27-4)18(11)16-9-15(19-12(2)26-28-13(19)3)10-17-20(16)25-21(24-17)14-5-6-14/h7-10,14H,5-6H2,1-4H3,(H,24,25). The van der Waals surface area contributed by atoms with Crippen LogP contribution in [0.15, 0.2) is 28.9 Å². The molecule has 142 valence electrons. The maximum absolute atomic E-state index is 5.60. The highest BCUT2D eigenvalue weighted by atomic mass is 16.5. The minimum Gasteiger partial charge on any atom is -0.481 e. The van der Waals surface area contributed by atoms with Crippen molar-refractivity contribution < 1.29 is 9.26 Å². The number of methoxy groups -OCH3 is 1. The second-order valence-corrected chi connectivity index (χ2v) is 7.53. The third-order valence-corrected chi connectivity index (χ3v) is 5.48. The Kier molecular flexibility index (Phi) is 3.75. The summed E-state index contributed by atoms with van der Waals surface area (Å²) in [6.07, 6.45) is 4.16. The molecule has 1 aromatic carbocycles. The third-order valence-electron chi connectivity index (χ3n) is 5.48. The number of fused-ring (bicyclic) bond motifs is 1. The van der Waals surface area contributed by atoms with E-state index in [0.717, 1.165) is 56.1 Å². The summed E-state index contributed by atoms with van der Waals surface area (Å²) < 4.78 is 11.0. The fraction of sp³-hybridized carbons (Fsp3) is 0.318. The second-order valence-electron chi connectivity index (χ2n) is 7.53. The van der Waals surface area contributed by atoms with Gasteiger partial charge in [-0.05, 0) is 62.9 Å². The van der Waals surface area contributed by atoms with E-state index in [9.17, 15) is 0 Å². The Bertz CT molecular complexity index is 1180. The lowest BCUT2D eigenvalue weighted by Crippen LogP contribution is -1.95. The Labute approximate surface area is 163 Å². The van der Waals surface area contributed by atoms with Crippen molar-refractivity contribution in [3.8, 4) is 28.1 Å². The van der Waals surface area contributed by atoms with Crippen LogP contribution in [-0.4, -0.2) is 27.2 Å². The number of nitrogens with zero attached hydrogens (tertiary/aromatic N) is 3. The molecule has 3 heterocycles. The largest absolute Gasteiger partial charge is 0.481 e. The normalized spacial score (nSPS) is 14.0. The maximum atomic E-state index is 5.60. The predicted molar refractivity (Wildman–Crippen MR) is 108 cm³/mol. The molecule has 0 aliphatic heterocycles. The molecule has 3 aromatic heterocycles. The first-order chi connectivity index (χ1) is 13.6. The fourth-order valence-electron chi connectivity index (χ4n) is 3.93. The number of aromatic amines is 1. The Balaban J connectivity index is 1.84. The van der Waals surface area contributed by atoms with E-state index in [2.05, 4.69) is 34.2 Å². The summed E-state index contributed by atoms with van der Waals surface area (Å²) in [7, 11) is 1.66. The van der Waals surface area contributed by atoms with Gasteiger partial charge in [0.05, 0.1) is 23.8 Å². The van der Waals surface area contributed by atoms with Gasteiger partial charge in [-0.3, -0.25) is 0 Å². The van der Waals surface area contributed by atoms with Crippen LogP contribution in [0.5, 0.6) is 5.88 Å². The van der Waals surface area contributed by atoms with E-state index in [1.54, 1.807) is 13.3 Å². The average molecular weight is 374 g/mol. The van der Waals surface area contributed by atoms with Crippen LogP contribution >= 0.6 is 0 Å². The van der Waals surface area contributed by atoms with Gasteiger partial charge in [0, 0.05) is 28.8 Å². The van der Waals surface area contributed by atoms with Crippen molar-refractivity contribution in [2.45, 2.75) is 39.5 Å². The smallest absolute Gasteiger partial charge is 0.221 e. The third kappa shape index (κ3) is 2.59. The minimum atomic E-state index is 0.541. The van der Waals surface area contributed by atoms with Crippen LogP contribution in [-0.2, 0) is 0 Å². The Morgan fingerprint density at radius 1 is 1.14 bits per heavy atom. The van der Waals surface area contributed by atoms with Crippen LogP contribution in [0.2, 0.25) is 0 Å². The van der Waals surface area contributed by atoms with Gasteiger partial charge in [-0.1, -0.05) is 5.16 Å². The van der Waals surface area contributed by atoms with Gasteiger partial charge in [0.15, 0.2) is 0 Å². The first kappa shape index (κ1) is 17.0. The molecular weight excluding hydrogens is 352 g/mol. The number of rotatable bonds is 4. The van der Waals surface area contributed by atoms with Crippen molar-refractivity contribution in [1.82, 2.24) is 20.1 Å². The van der Waals surface area contributed by atoms with E-state index in [1.807, 2.05) is 19.9 Å². The number of nitrogens with one attached hydrogen (secondary N) is 1. The van der Waals surface area contributed by atoms with Crippen molar-refractivity contribution >= 4 is 11.0 Å². The molecule has 6 heteroatoms. The van der Waals surface area contributed by atoms with Crippen LogP contribution in [0, 0.1) is 20.8 Å². The molecule has 1 N–H and O–H groups in total. The van der Waals surface area contributed by atoms with Crippen LogP contribution < -0.4 is 4.74 Å². The van der Waals surface area contributed by atoms with Gasteiger partial charge in [0.25, 0.3) is 0 Å². The van der Waals surface area contributed by atoms with E-state index in [-0.39, 0.29) is 0 Å². The summed E-state index contributed by atoms with van der Waals surface area (Å²) in [5, 5.41) is 4.13. The molecule has 1 fully saturated rings. The van der Waals surface area contributed by atoms with Crippen molar-refractivity contribution in [2.24, 2.45) is 0 Å². The van der Waals surface area contributed by atoms with E-state index in [1.165, 1.54) is 12.8 Å². The minimum absolute atomic E-state index is 0.541. The van der Waals surface area contributed by atoms with Crippen molar-refractivity contribution in [2.75, 3.05) is 7.11 Å². The van der Waals surface area contributed by atoms with Crippen LogP contribution in [0.3, 0.4) is 0 Å². The molecule has 0 atom stereocenters. The lowest BCUT2D eigenvalue weighted by molar-refractivity contribution is 0.393. The van der Waals surface area contributed by atoms with Crippen molar-refractivity contribution in [3.63, 3.8) is 0 Å². The molecule has 6 nitrogen and oxygen atoms in total. The number of imidazole rings is 1. The first-order valence-electron chi connectivity index (χ1n) is 9.53. The molecule has 1 aliphatic carbocycles. The number of pyridine rings is 1. The zero-order valence-corrected chi connectivity index (χ0v) is 16.5. The van der Waals surface area contributed by atoms with Gasteiger partial charge in [-0.2, -0.15) is 0 Å². The zero-order chi connectivity index (χ0) is 19.4. The summed E-state index contributed by atoms with van der Waals surface area (Å²) >= 11 is 0. The average Bonchev–Trinajstić information content (AvgIpc) is 3.36. The molecule has 4 aromatic rings. The summed E-state index contributed by atoms with van der Waals surface area (Å²) in [5.74, 6) is 3.02. The Morgan fingerprint density at radius 3 is 2.64 bits per heavy atom. The number of aryl methyl sites for hydroxylation is 3. The molecule has 1 saturated carbocycles. The van der Waals surface area contributed by atoms with E-state index in [0.29, 0.717) is 11.8 Å². The zero-order valence-electron chi connectivity index (χ0n) is 16.5. The lowest BCUT2D eigenvalue weighted by atomic mass is 9.95. The van der Waals surface area contributed by atoms with Crippen molar-refractivity contribution in [1.29, 1.82) is 0 Å². The van der Waals surface area contributed by atoms with Crippen LogP contribution in [0.1, 0.15) is 41.6 Å². The first-order valence-corrected chi connectivity index (χ1v) is 9.53. The number of ether oxygens (including phenoxy) is 1. The molecule has 28 heavy (non-hydrogen) atoms. The maximum Gasteiger partial charge on any atom is 0.221 e. The monoisotopic (exact) mass is 374 g/mol. The molecule has 0 unspecified atom stereocenters. The number of aromatic nitrogens is 4. The molecule has 0 spiro atoms. The predicted octanol–water partition coefficient (Wildman–Crippen LogP) is 5.09. The topological polar surface area (TPSA) is 76.8 Å². The second kappa shape index (κ2) is 6.19.